The number of hydrogen-bond acceptors (Lipinski definition) is 3. The number of carboxylic acids is 1. The fraction of sp³-hybridized carbons (Fsp3) is 0.350. The molecule has 2 aromatic carbocycles. The molecule has 0 aromatic heterocycles. The zero-order chi connectivity index (χ0) is 17.7. The van der Waals surface area contributed by atoms with E-state index in [1.165, 1.54) is 0 Å². The molecule has 2 rings (SSSR count). The lowest BCUT2D eigenvalue weighted by Crippen LogP contribution is -2.30. The third-order valence-electron chi connectivity index (χ3n) is 3.99. The topological polar surface area (TPSA) is 55.8 Å². The summed E-state index contributed by atoms with van der Waals surface area (Å²) < 4.78 is 11.4. The van der Waals surface area contributed by atoms with Gasteiger partial charge in [-0.2, -0.15) is 0 Å². The summed E-state index contributed by atoms with van der Waals surface area (Å²) in [4.78, 5) is 11.7. The molecule has 24 heavy (non-hydrogen) atoms. The normalized spacial score (nSPS) is 11.8. The van der Waals surface area contributed by atoms with Crippen LogP contribution in [0.5, 0.6) is 11.5 Å². The first-order chi connectivity index (χ1) is 11.4. The highest BCUT2D eigenvalue weighted by Gasteiger charge is 2.23. The molecule has 1 atom stereocenters. The lowest BCUT2D eigenvalue weighted by Gasteiger charge is -2.19. The van der Waals surface area contributed by atoms with Crippen molar-refractivity contribution in [3.8, 4) is 11.5 Å². The first kappa shape index (κ1) is 17.9. The summed E-state index contributed by atoms with van der Waals surface area (Å²) in [6.07, 6.45) is -0.718. The van der Waals surface area contributed by atoms with Gasteiger partial charge in [-0.3, -0.25) is 0 Å². The minimum atomic E-state index is -0.986. The second-order valence-electron chi connectivity index (χ2n) is 5.89. The van der Waals surface area contributed by atoms with Crippen LogP contribution < -0.4 is 9.47 Å². The van der Waals surface area contributed by atoms with Crippen LogP contribution in [0.1, 0.15) is 29.2 Å². The van der Waals surface area contributed by atoms with Gasteiger partial charge in [-0.25, -0.2) is 4.79 Å². The second-order valence-corrected chi connectivity index (χ2v) is 5.89. The van der Waals surface area contributed by atoms with Crippen LogP contribution in [0.4, 0.5) is 0 Å². The summed E-state index contributed by atoms with van der Waals surface area (Å²) in [6, 6.07) is 11.4. The highest BCUT2D eigenvalue weighted by atomic mass is 16.5. The standard InChI is InChI=1S/C20H24O4/c1-5-23-17-9-7-6-8-16(17)12-19(20(21)22)24-18-11-13(2)10-14(3)15(18)4/h6-11,19H,5,12H2,1-4H3,(H,21,22). The van der Waals surface area contributed by atoms with E-state index in [4.69, 9.17) is 9.47 Å². The van der Waals surface area contributed by atoms with Crippen LogP contribution in [0.25, 0.3) is 0 Å². The van der Waals surface area contributed by atoms with Crippen molar-refractivity contribution < 1.29 is 19.4 Å². The fourth-order valence-electron chi connectivity index (χ4n) is 2.62. The Balaban J connectivity index is 2.27. The van der Waals surface area contributed by atoms with Crippen LogP contribution in [-0.4, -0.2) is 23.8 Å². The molecule has 0 aliphatic carbocycles. The Morgan fingerprint density at radius 3 is 2.50 bits per heavy atom. The highest BCUT2D eigenvalue weighted by Crippen LogP contribution is 2.26. The van der Waals surface area contributed by atoms with Crippen LogP contribution in [0, 0.1) is 20.8 Å². The Kier molecular flexibility index (Phi) is 5.85. The predicted molar refractivity (Wildman–Crippen MR) is 94.0 cm³/mol. The van der Waals surface area contributed by atoms with Gasteiger partial charge in [0, 0.05) is 6.42 Å². The maximum absolute atomic E-state index is 11.7. The highest BCUT2D eigenvalue weighted by molar-refractivity contribution is 5.73. The van der Waals surface area contributed by atoms with Crippen LogP contribution in [0.15, 0.2) is 36.4 Å². The molecular weight excluding hydrogens is 304 g/mol. The number of carbonyl (C=O) groups is 1. The van der Waals surface area contributed by atoms with E-state index < -0.39 is 12.1 Å². The summed E-state index contributed by atoms with van der Waals surface area (Å²) in [6.45, 7) is 8.35. The Bertz CT molecular complexity index is 722. The Hall–Kier alpha value is -2.49. The van der Waals surface area contributed by atoms with Crippen LogP contribution >= 0.6 is 0 Å². The number of aryl methyl sites for hydroxylation is 2. The number of aliphatic carboxylic acids is 1. The van der Waals surface area contributed by atoms with Gasteiger partial charge in [0.2, 0.25) is 0 Å². The average molecular weight is 328 g/mol. The van der Waals surface area contributed by atoms with Gasteiger partial charge >= 0.3 is 5.97 Å². The lowest BCUT2D eigenvalue weighted by molar-refractivity contribution is -0.145. The van der Waals surface area contributed by atoms with Gasteiger partial charge in [0.25, 0.3) is 0 Å². The van der Waals surface area contributed by atoms with Crippen molar-refractivity contribution in [2.75, 3.05) is 6.61 Å². The number of hydrogen-bond donors (Lipinski definition) is 1. The molecule has 0 aliphatic rings. The Labute approximate surface area is 143 Å². The largest absolute Gasteiger partial charge is 0.494 e. The number of rotatable bonds is 7. The van der Waals surface area contributed by atoms with Crippen LogP contribution in [-0.2, 0) is 11.2 Å². The van der Waals surface area contributed by atoms with Gasteiger partial charge in [-0.05, 0) is 62.1 Å². The van der Waals surface area contributed by atoms with Crippen molar-refractivity contribution in [2.24, 2.45) is 0 Å². The van der Waals surface area contributed by atoms with Crippen molar-refractivity contribution >= 4 is 5.97 Å². The van der Waals surface area contributed by atoms with E-state index in [-0.39, 0.29) is 6.42 Å². The molecule has 0 heterocycles. The van der Waals surface area contributed by atoms with E-state index in [1.54, 1.807) is 0 Å². The van der Waals surface area contributed by atoms with E-state index >= 15 is 0 Å². The molecule has 1 unspecified atom stereocenters. The van der Waals surface area contributed by atoms with Gasteiger partial charge in [0.15, 0.2) is 6.10 Å². The van der Waals surface area contributed by atoms with Crippen LogP contribution in [0.2, 0.25) is 0 Å². The zero-order valence-electron chi connectivity index (χ0n) is 14.6. The van der Waals surface area contributed by atoms with E-state index in [2.05, 4.69) is 6.07 Å². The number of ether oxygens (including phenoxy) is 2. The molecule has 0 fully saturated rings. The van der Waals surface area contributed by atoms with E-state index in [9.17, 15) is 9.90 Å². The molecule has 0 radical (unpaired) electrons. The lowest BCUT2D eigenvalue weighted by atomic mass is 10.0. The van der Waals surface area contributed by atoms with E-state index in [0.29, 0.717) is 18.1 Å². The molecule has 0 saturated carbocycles. The molecule has 128 valence electrons. The molecule has 0 saturated heterocycles. The Morgan fingerprint density at radius 2 is 1.83 bits per heavy atom. The molecule has 4 nitrogen and oxygen atoms in total. The number of benzene rings is 2. The fourth-order valence-corrected chi connectivity index (χ4v) is 2.62. The zero-order valence-corrected chi connectivity index (χ0v) is 14.6. The molecule has 0 bridgehead atoms. The summed E-state index contributed by atoms with van der Waals surface area (Å²) in [7, 11) is 0. The molecule has 1 N–H and O–H groups in total. The van der Waals surface area contributed by atoms with Gasteiger partial charge in [0.1, 0.15) is 11.5 Å². The minimum absolute atomic E-state index is 0.248. The summed E-state index contributed by atoms with van der Waals surface area (Å²) in [5, 5.41) is 9.58. The first-order valence-electron chi connectivity index (χ1n) is 8.10. The van der Waals surface area contributed by atoms with Crippen molar-refractivity contribution in [1.82, 2.24) is 0 Å². The van der Waals surface area contributed by atoms with Crippen molar-refractivity contribution in [1.29, 1.82) is 0 Å². The summed E-state index contributed by atoms with van der Waals surface area (Å²) in [5.41, 5.74) is 3.93. The molecular formula is C20H24O4. The molecule has 2 aromatic rings. The Morgan fingerprint density at radius 1 is 1.12 bits per heavy atom. The van der Waals surface area contributed by atoms with Crippen molar-refractivity contribution in [3.05, 3.63) is 58.7 Å². The molecule has 0 amide bonds. The molecule has 4 heteroatoms. The second kappa shape index (κ2) is 7.86. The SMILES string of the molecule is CCOc1ccccc1CC(Oc1cc(C)cc(C)c1C)C(=O)O. The molecule has 0 aliphatic heterocycles. The molecule has 0 spiro atoms. The first-order valence-corrected chi connectivity index (χ1v) is 8.10. The van der Waals surface area contributed by atoms with Crippen molar-refractivity contribution in [3.63, 3.8) is 0 Å². The maximum Gasteiger partial charge on any atom is 0.345 e. The predicted octanol–water partition coefficient (Wildman–Crippen LogP) is 4.09. The number of para-hydroxylation sites is 1. The minimum Gasteiger partial charge on any atom is -0.494 e. The van der Waals surface area contributed by atoms with Crippen LogP contribution in [0.3, 0.4) is 0 Å². The summed E-state index contributed by atoms with van der Waals surface area (Å²) in [5.74, 6) is 0.334. The van der Waals surface area contributed by atoms with Gasteiger partial charge in [-0.1, -0.05) is 24.3 Å². The quantitative estimate of drug-likeness (QED) is 0.832. The van der Waals surface area contributed by atoms with Gasteiger partial charge in [-0.15, -0.1) is 0 Å². The average Bonchev–Trinajstić information content (AvgIpc) is 2.53. The van der Waals surface area contributed by atoms with Crippen molar-refractivity contribution in [2.45, 2.75) is 40.2 Å². The van der Waals surface area contributed by atoms with Gasteiger partial charge in [0.05, 0.1) is 6.61 Å². The van der Waals surface area contributed by atoms with E-state index in [0.717, 1.165) is 22.3 Å². The smallest absolute Gasteiger partial charge is 0.345 e. The third-order valence-corrected chi connectivity index (χ3v) is 3.99. The maximum atomic E-state index is 11.7. The van der Waals surface area contributed by atoms with E-state index in [1.807, 2.05) is 58.0 Å². The monoisotopic (exact) mass is 328 g/mol. The summed E-state index contributed by atoms with van der Waals surface area (Å²) >= 11 is 0. The third kappa shape index (κ3) is 4.28. The van der Waals surface area contributed by atoms with Gasteiger partial charge < -0.3 is 14.6 Å². The number of carboxylic acid groups (broad SMARTS) is 1.